The van der Waals surface area contributed by atoms with E-state index in [1.54, 1.807) is 6.20 Å². The van der Waals surface area contributed by atoms with Crippen LogP contribution >= 0.6 is 0 Å². The predicted molar refractivity (Wildman–Crippen MR) is 51.6 cm³/mol. The summed E-state index contributed by atoms with van der Waals surface area (Å²) in [5.74, 6) is 0. The highest BCUT2D eigenvalue weighted by Crippen LogP contribution is 2.08. The van der Waals surface area contributed by atoms with Crippen molar-refractivity contribution < 1.29 is 0 Å². The highest BCUT2D eigenvalue weighted by atomic mass is 15.1. The van der Waals surface area contributed by atoms with E-state index in [0.29, 0.717) is 0 Å². The van der Waals surface area contributed by atoms with E-state index in [1.165, 1.54) is 11.1 Å². The molecule has 0 saturated carbocycles. The average molecular weight is 175 g/mol. The Morgan fingerprint density at radius 3 is 2.54 bits per heavy atom. The Bertz CT molecular complexity index is 365. The predicted octanol–water partition coefficient (Wildman–Crippen LogP) is 1.88. The number of hydrogen-bond acceptors (Lipinski definition) is 1. The second-order valence-corrected chi connectivity index (χ2v) is 3.38. The van der Waals surface area contributed by atoms with Gasteiger partial charge in [-0.3, -0.25) is 5.10 Å². The van der Waals surface area contributed by atoms with Crippen LogP contribution in [0.1, 0.15) is 16.8 Å². The van der Waals surface area contributed by atoms with Gasteiger partial charge in [-0.15, -0.1) is 0 Å². The SMILES string of the molecule is Cc1cn(Cc2ccn[nH]2)cc1C. The molecule has 0 aromatic carbocycles. The van der Waals surface area contributed by atoms with E-state index in [1.807, 2.05) is 6.07 Å². The first-order chi connectivity index (χ1) is 6.25. The number of aryl methyl sites for hydroxylation is 2. The van der Waals surface area contributed by atoms with Crippen molar-refractivity contribution in [3.63, 3.8) is 0 Å². The summed E-state index contributed by atoms with van der Waals surface area (Å²) in [6.45, 7) is 5.12. The molecule has 0 amide bonds. The van der Waals surface area contributed by atoms with Gasteiger partial charge in [0.2, 0.25) is 0 Å². The second kappa shape index (κ2) is 3.09. The summed E-state index contributed by atoms with van der Waals surface area (Å²) < 4.78 is 2.16. The Balaban J connectivity index is 2.19. The lowest BCUT2D eigenvalue weighted by Crippen LogP contribution is -1.96. The van der Waals surface area contributed by atoms with Crippen molar-refractivity contribution in [2.24, 2.45) is 0 Å². The van der Waals surface area contributed by atoms with E-state index in [-0.39, 0.29) is 0 Å². The third kappa shape index (κ3) is 1.64. The zero-order valence-electron chi connectivity index (χ0n) is 7.91. The molecule has 0 unspecified atom stereocenters. The van der Waals surface area contributed by atoms with E-state index < -0.39 is 0 Å². The number of aromatic nitrogens is 3. The Morgan fingerprint density at radius 2 is 2.00 bits per heavy atom. The fraction of sp³-hybridized carbons (Fsp3) is 0.300. The first kappa shape index (κ1) is 8.10. The lowest BCUT2D eigenvalue weighted by molar-refractivity contribution is 0.771. The Kier molecular flexibility index (Phi) is 1.93. The summed E-state index contributed by atoms with van der Waals surface area (Å²) >= 11 is 0. The molecule has 13 heavy (non-hydrogen) atoms. The van der Waals surface area contributed by atoms with E-state index in [9.17, 15) is 0 Å². The lowest BCUT2D eigenvalue weighted by atomic mass is 10.2. The summed E-state index contributed by atoms with van der Waals surface area (Å²) in [6.07, 6.45) is 6.07. The minimum Gasteiger partial charge on any atom is -0.348 e. The van der Waals surface area contributed by atoms with Crippen LogP contribution in [-0.2, 0) is 6.54 Å². The van der Waals surface area contributed by atoms with E-state index in [0.717, 1.165) is 12.2 Å². The van der Waals surface area contributed by atoms with Gasteiger partial charge in [0, 0.05) is 18.6 Å². The van der Waals surface area contributed by atoms with Gasteiger partial charge in [-0.2, -0.15) is 5.10 Å². The van der Waals surface area contributed by atoms with Crippen molar-refractivity contribution in [1.82, 2.24) is 14.8 Å². The van der Waals surface area contributed by atoms with Crippen LogP contribution in [0.15, 0.2) is 24.7 Å². The average Bonchev–Trinajstić information content (AvgIpc) is 2.64. The van der Waals surface area contributed by atoms with E-state index in [2.05, 4.69) is 41.0 Å². The Morgan fingerprint density at radius 1 is 1.31 bits per heavy atom. The third-order valence-corrected chi connectivity index (χ3v) is 2.25. The summed E-state index contributed by atoms with van der Waals surface area (Å²) in [7, 11) is 0. The molecule has 0 aliphatic carbocycles. The third-order valence-electron chi connectivity index (χ3n) is 2.25. The van der Waals surface area contributed by atoms with Crippen LogP contribution in [0.2, 0.25) is 0 Å². The van der Waals surface area contributed by atoms with Crippen LogP contribution in [0.3, 0.4) is 0 Å². The van der Waals surface area contributed by atoms with Crippen LogP contribution in [0, 0.1) is 13.8 Å². The standard InChI is InChI=1S/C10H13N3/c1-8-5-13(6-9(8)2)7-10-3-4-11-12-10/h3-6H,7H2,1-2H3,(H,11,12). The van der Waals surface area contributed by atoms with Crippen LogP contribution in [0.5, 0.6) is 0 Å². The quantitative estimate of drug-likeness (QED) is 0.742. The molecule has 1 N–H and O–H groups in total. The molecule has 0 saturated heterocycles. The van der Waals surface area contributed by atoms with Crippen molar-refractivity contribution in [3.8, 4) is 0 Å². The van der Waals surface area contributed by atoms with Crippen LogP contribution in [0.4, 0.5) is 0 Å². The fourth-order valence-electron chi connectivity index (χ4n) is 1.40. The lowest BCUT2D eigenvalue weighted by Gasteiger charge is -1.98. The van der Waals surface area contributed by atoms with Gasteiger partial charge in [-0.1, -0.05) is 0 Å². The van der Waals surface area contributed by atoms with Gasteiger partial charge in [-0.05, 0) is 31.0 Å². The minimum absolute atomic E-state index is 0.870. The topological polar surface area (TPSA) is 33.6 Å². The monoisotopic (exact) mass is 175 g/mol. The zero-order valence-corrected chi connectivity index (χ0v) is 7.91. The molecule has 3 heteroatoms. The maximum absolute atomic E-state index is 3.91. The van der Waals surface area contributed by atoms with Gasteiger partial charge in [-0.25, -0.2) is 0 Å². The minimum atomic E-state index is 0.870. The van der Waals surface area contributed by atoms with Crippen molar-refractivity contribution in [2.45, 2.75) is 20.4 Å². The molecule has 2 aromatic heterocycles. The van der Waals surface area contributed by atoms with Crippen molar-refractivity contribution in [3.05, 3.63) is 41.5 Å². The van der Waals surface area contributed by atoms with Crippen molar-refractivity contribution in [1.29, 1.82) is 0 Å². The molecular formula is C10H13N3. The van der Waals surface area contributed by atoms with Crippen LogP contribution < -0.4 is 0 Å². The molecule has 2 heterocycles. The van der Waals surface area contributed by atoms with Gasteiger partial charge in [0.05, 0.1) is 12.2 Å². The molecule has 2 rings (SSSR count). The number of rotatable bonds is 2. The zero-order chi connectivity index (χ0) is 9.26. The Labute approximate surface area is 77.4 Å². The molecule has 0 aliphatic heterocycles. The highest BCUT2D eigenvalue weighted by Gasteiger charge is 1.99. The van der Waals surface area contributed by atoms with E-state index in [4.69, 9.17) is 0 Å². The van der Waals surface area contributed by atoms with Gasteiger partial charge in [0.1, 0.15) is 0 Å². The first-order valence-corrected chi connectivity index (χ1v) is 4.37. The molecule has 3 nitrogen and oxygen atoms in total. The molecule has 0 bridgehead atoms. The fourth-order valence-corrected chi connectivity index (χ4v) is 1.40. The highest BCUT2D eigenvalue weighted by molar-refractivity contribution is 5.21. The molecule has 0 atom stereocenters. The van der Waals surface area contributed by atoms with Crippen molar-refractivity contribution in [2.75, 3.05) is 0 Å². The maximum Gasteiger partial charge on any atom is 0.0637 e. The number of H-pyrrole nitrogens is 1. The number of aromatic amines is 1. The Hall–Kier alpha value is -1.51. The van der Waals surface area contributed by atoms with Crippen LogP contribution in [-0.4, -0.2) is 14.8 Å². The van der Waals surface area contributed by atoms with Gasteiger partial charge >= 0.3 is 0 Å². The van der Waals surface area contributed by atoms with Gasteiger partial charge < -0.3 is 4.57 Å². The summed E-state index contributed by atoms with van der Waals surface area (Å²) in [5.41, 5.74) is 3.80. The van der Waals surface area contributed by atoms with Gasteiger partial charge in [0.25, 0.3) is 0 Å². The first-order valence-electron chi connectivity index (χ1n) is 4.37. The molecule has 0 aliphatic rings. The molecule has 0 fully saturated rings. The summed E-state index contributed by atoms with van der Waals surface area (Å²) in [4.78, 5) is 0. The molecule has 2 aromatic rings. The molecule has 0 spiro atoms. The second-order valence-electron chi connectivity index (χ2n) is 3.38. The number of hydrogen-bond donors (Lipinski definition) is 1. The maximum atomic E-state index is 3.91. The van der Waals surface area contributed by atoms with Crippen LogP contribution in [0.25, 0.3) is 0 Å². The molecule has 68 valence electrons. The molecular weight excluding hydrogens is 162 g/mol. The number of nitrogens with one attached hydrogen (secondary N) is 1. The van der Waals surface area contributed by atoms with Gasteiger partial charge in [0.15, 0.2) is 0 Å². The smallest absolute Gasteiger partial charge is 0.0637 e. The van der Waals surface area contributed by atoms with Crippen molar-refractivity contribution >= 4 is 0 Å². The van der Waals surface area contributed by atoms with E-state index >= 15 is 0 Å². The number of nitrogens with zero attached hydrogens (tertiary/aromatic N) is 2. The molecule has 0 radical (unpaired) electrons. The largest absolute Gasteiger partial charge is 0.348 e. The summed E-state index contributed by atoms with van der Waals surface area (Å²) in [5, 5.41) is 6.85. The summed E-state index contributed by atoms with van der Waals surface area (Å²) in [6, 6.07) is 1.99. The normalized spacial score (nSPS) is 10.6.